The summed E-state index contributed by atoms with van der Waals surface area (Å²) in [6, 6.07) is 0. The molecule has 1 aromatic rings. The van der Waals surface area contributed by atoms with Crippen molar-refractivity contribution in [3.63, 3.8) is 0 Å². The largest absolute Gasteiger partial charge is 0.481 e. The van der Waals surface area contributed by atoms with Crippen molar-refractivity contribution >= 4 is 17.6 Å². The number of carbonyl (C=O) groups is 2. The Hall–Kier alpha value is -2.49. The van der Waals surface area contributed by atoms with Crippen LogP contribution in [0.15, 0.2) is 12.4 Å². The van der Waals surface area contributed by atoms with Crippen molar-refractivity contribution in [3.8, 4) is 0 Å². The van der Waals surface area contributed by atoms with E-state index >= 15 is 0 Å². The number of hydrogen-bond donors (Lipinski definition) is 2. The summed E-state index contributed by atoms with van der Waals surface area (Å²) in [7, 11) is 0. The van der Waals surface area contributed by atoms with Gasteiger partial charge in [0.1, 0.15) is 12.4 Å². The van der Waals surface area contributed by atoms with Crippen molar-refractivity contribution in [2.45, 2.75) is 37.8 Å². The number of carbonyl (C=O) groups excluding carboxylic acids is 1. The molecule has 0 aromatic carbocycles. The van der Waals surface area contributed by atoms with Crippen molar-refractivity contribution in [3.05, 3.63) is 22.5 Å². The highest BCUT2D eigenvalue weighted by atomic mass is 16.6. The number of hydrogen-bond acceptors (Lipinski definition) is 6. The second-order valence-corrected chi connectivity index (χ2v) is 5.48. The average molecular weight is 326 g/mol. The van der Waals surface area contributed by atoms with Gasteiger partial charge in [0, 0.05) is 26.2 Å². The molecule has 10 nitrogen and oxygen atoms in total. The smallest absolute Gasteiger partial charge is 0.306 e. The summed E-state index contributed by atoms with van der Waals surface area (Å²) >= 11 is 0. The van der Waals surface area contributed by atoms with Crippen LogP contribution in [0.1, 0.15) is 25.7 Å². The van der Waals surface area contributed by atoms with Crippen LogP contribution in [0.5, 0.6) is 0 Å². The van der Waals surface area contributed by atoms with Gasteiger partial charge in [0.2, 0.25) is 5.91 Å². The molecule has 0 radical (unpaired) electrons. The molecule has 0 spiro atoms. The fourth-order valence-corrected chi connectivity index (χ4v) is 2.54. The van der Waals surface area contributed by atoms with Crippen molar-refractivity contribution < 1.29 is 24.4 Å². The zero-order valence-corrected chi connectivity index (χ0v) is 12.4. The Morgan fingerprint density at radius 3 is 2.74 bits per heavy atom. The van der Waals surface area contributed by atoms with Gasteiger partial charge in [0.15, 0.2) is 0 Å². The minimum atomic E-state index is -0.977. The van der Waals surface area contributed by atoms with Crippen LogP contribution < -0.4 is 5.32 Å². The number of carboxylic acids is 1. The Labute approximate surface area is 131 Å². The third kappa shape index (κ3) is 4.74. The monoisotopic (exact) mass is 326 g/mol. The summed E-state index contributed by atoms with van der Waals surface area (Å²) in [6.45, 7) is 0.983. The zero-order chi connectivity index (χ0) is 16.9. The van der Waals surface area contributed by atoms with Crippen LogP contribution in [0.3, 0.4) is 0 Å². The molecule has 1 aromatic heterocycles. The molecule has 0 bridgehead atoms. The normalized spacial score (nSPS) is 16.7. The van der Waals surface area contributed by atoms with Crippen LogP contribution >= 0.6 is 0 Å². The van der Waals surface area contributed by atoms with Gasteiger partial charge in [-0.15, -0.1) is 0 Å². The highest BCUT2D eigenvalue weighted by Gasteiger charge is 2.36. The maximum Gasteiger partial charge on any atom is 0.306 e. The van der Waals surface area contributed by atoms with Crippen LogP contribution in [0.25, 0.3) is 0 Å². The van der Waals surface area contributed by atoms with Gasteiger partial charge in [0.25, 0.3) is 0 Å². The molecule has 0 aliphatic carbocycles. The lowest BCUT2D eigenvalue weighted by Crippen LogP contribution is -2.53. The lowest BCUT2D eigenvalue weighted by molar-refractivity contribution is -0.385. The van der Waals surface area contributed by atoms with Gasteiger partial charge in [-0.2, -0.15) is 5.10 Å². The van der Waals surface area contributed by atoms with Crippen molar-refractivity contribution in [2.24, 2.45) is 0 Å². The van der Waals surface area contributed by atoms with E-state index in [2.05, 4.69) is 10.4 Å². The number of nitrogens with one attached hydrogen (secondary N) is 1. The molecule has 126 valence electrons. The summed E-state index contributed by atoms with van der Waals surface area (Å²) in [5, 5.41) is 26.2. The van der Waals surface area contributed by atoms with Crippen molar-refractivity contribution in [2.75, 3.05) is 13.2 Å². The molecule has 0 saturated carbocycles. The van der Waals surface area contributed by atoms with Gasteiger partial charge in [-0.1, -0.05) is 0 Å². The topological polar surface area (TPSA) is 137 Å². The molecule has 1 aliphatic heterocycles. The van der Waals surface area contributed by atoms with E-state index < -0.39 is 16.4 Å². The first-order valence-electron chi connectivity index (χ1n) is 7.18. The Bertz CT molecular complexity index is 593. The minimum Gasteiger partial charge on any atom is -0.481 e. The number of ether oxygens (including phenoxy) is 1. The molecular formula is C13H18N4O6. The summed E-state index contributed by atoms with van der Waals surface area (Å²) in [5.41, 5.74) is -0.936. The van der Waals surface area contributed by atoms with E-state index in [4.69, 9.17) is 9.84 Å². The Kier molecular flexibility index (Phi) is 5.27. The highest BCUT2D eigenvalue weighted by Crippen LogP contribution is 2.24. The van der Waals surface area contributed by atoms with Gasteiger partial charge in [0.05, 0.1) is 16.9 Å². The molecule has 1 aliphatic rings. The van der Waals surface area contributed by atoms with Crippen molar-refractivity contribution in [1.29, 1.82) is 0 Å². The van der Waals surface area contributed by atoms with E-state index in [-0.39, 0.29) is 31.0 Å². The van der Waals surface area contributed by atoms with Crippen molar-refractivity contribution in [1.82, 2.24) is 15.1 Å². The van der Waals surface area contributed by atoms with Crippen LogP contribution in [-0.4, -0.2) is 50.4 Å². The molecule has 1 saturated heterocycles. The first-order valence-corrected chi connectivity index (χ1v) is 7.18. The SMILES string of the molecule is O=C(O)CC1(NC(=O)CCn2cc([N+](=O)[O-])cn2)CCOCC1. The number of aliphatic carboxylic acids is 1. The maximum atomic E-state index is 12.1. The number of rotatable bonds is 7. The molecule has 2 heterocycles. The third-order valence-electron chi connectivity index (χ3n) is 3.74. The van der Waals surface area contributed by atoms with E-state index in [9.17, 15) is 19.7 Å². The standard InChI is InChI=1S/C13H18N4O6/c18-11(1-4-16-9-10(8-14-16)17(21)22)15-13(7-12(19)20)2-5-23-6-3-13/h8-9H,1-7H2,(H,15,18)(H,19,20). The van der Waals surface area contributed by atoms with E-state index in [1.807, 2.05) is 0 Å². The molecule has 1 amide bonds. The van der Waals surface area contributed by atoms with Gasteiger partial charge < -0.3 is 15.2 Å². The molecular weight excluding hydrogens is 308 g/mol. The quantitative estimate of drug-likeness (QED) is 0.544. The molecule has 0 unspecified atom stereocenters. The van der Waals surface area contributed by atoms with Gasteiger partial charge in [-0.25, -0.2) is 0 Å². The fraction of sp³-hybridized carbons (Fsp3) is 0.615. The number of nitrogens with zero attached hydrogens (tertiary/aromatic N) is 3. The first kappa shape index (κ1) is 16.9. The number of nitro groups is 1. The number of aromatic nitrogens is 2. The van der Waals surface area contributed by atoms with Crippen LogP contribution in [0.4, 0.5) is 5.69 Å². The van der Waals surface area contributed by atoms with Crippen LogP contribution in [0.2, 0.25) is 0 Å². The van der Waals surface area contributed by atoms with E-state index in [1.165, 1.54) is 10.9 Å². The molecule has 10 heteroatoms. The predicted octanol–water partition coefficient (Wildman–Crippen LogP) is 0.321. The fourth-order valence-electron chi connectivity index (χ4n) is 2.54. The van der Waals surface area contributed by atoms with E-state index in [1.54, 1.807) is 0 Å². The number of carboxylic acid groups (broad SMARTS) is 1. The second kappa shape index (κ2) is 7.18. The van der Waals surface area contributed by atoms with E-state index in [0.29, 0.717) is 26.1 Å². The molecule has 23 heavy (non-hydrogen) atoms. The molecule has 2 N–H and O–H groups in total. The predicted molar refractivity (Wildman–Crippen MR) is 76.7 cm³/mol. The lowest BCUT2D eigenvalue weighted by atomic mass is 9.86. The Balaban J connectivity index is 1.90. The Morgan fingerprint density at radius 2 is 2.17 bits per heavy atom. The molecule has 1 fully saturated rings. The maximum absolute atomic E-state index is 12.1. The first-order chi connectivity index (χ1) is 10.9. The van der Waals surface area contributed by atoms with Crippen LogP contribution in [0, 0.1) is 10.1 Å². The average Bonchev–Trinajstić information content (AvgIpc) is 2.94. The summed E-state index contributed by atoms with van der Waals surface area (Å²) in [5.74, 6) is -1.29. The van der Waals surface area contributed by atoms with Gasteiger partial charge in [-0.3, -0.25) is 24.4 Å². The molecule has 0 atom stereocenters. The second-order valence-electron chi connectivity index (χ2n) is 5.48. The third-order valence-corrected chi connectivity index (χ3v) is 3.74. The lowest BCUT2D eigenvalue weighted by Gasteiger charge is -2.36. The molecule has 2 rings (SSSR count). The summed E-state index contributed by atoms with van der Waals surface area (Å²) in [6.07, 6.45) is 3.14. The van der Waals surface area contributed by atoms with Gasteiger partial charge in [-0.05, 0) is 12.8 Å². The number of amides is 1. The van der Waals surface area contributed by atoms with E-state index in [0.717, 1.165) is 6.20 Å². The Morgan fingerprint density at radius 1 is 1.48 bits per heavy atom. The summed E-state index contributed by atoms with van der Waals surface area (Å²) in [4.78, 5) is 33.1. The van der Waals surface area contributed by atoms with Gasteiger partial charge >= 0.3 is 11.7 Å². The highest BCUT2D eigenvalue weighted by molar-refractivity contribution is 5.78. The minimum absolute atomic E-state index is 0.0566. The summed E-state index contributed by atoms with van der Waals surface area (Å²) < 4.78 is 6.53. The van der Waals surface area contributed by atoms with Crippen LogP contribution in [-0.2, 0) is 20.9 Å². The zero-order valence-electron chi connectivity index (χ0n) is 12.4. The number of aryl methyl sites for hydroxylation is 1.